The summed E-state index contributed by atoms with van der Waals surface area (Å²) in [4.78, 5) is 14.3. The molecule has 6 heteroatoms. The molecule has 2 unspecified atom stereocenters. The molecule has 1 amide bonds. The van der Waals surface area contributed by atoms with Crippen molar-refractivity contribution in [1.82, 2.24) is 4.90 Å². The van der Waals surface area contributed by atoms with E-state index in [-0.39, 0.29) is 0 Å². The fraction of sp³-hybridized carbons (Fsp3) is 0.240. The van der Waals surface area contributed by atoms with Crippen molar-refractivity contribution in [3.8, 4) is 11.5 Å². The minimum absolute atomic E-state index is 0.304. The van der Waals surface area contributed by atoms with Crippen LogP contribution in [-0.2, 0) is 16.9 Å². The number of cyclic esters (lactones) is 1. The van der Waals surface area contributed by atoms with E-state index in [1.165, 1.54) is 4.90 Å². The van der Waals surface area contributed by atoms with Crippen LogP contribution in [0.25, 0.3) is 0 Å². The van der Waals surface area contributed by atoms with E-state index >= 15 is 0 Å². The summed E-state index contributed by atoms with van der Waals surface area (Å²) in [6, 6.07) is 24.0. The fourth-order valence-corrected chi connectivity index (χ4v) is 3.90. The van der Waals surface area contributed by atoms with E-state index < -0.39 is 17.9 Å². The average molecular weight is 419 g/mol. The molecule has 1 aliphatic rings. The van der Waals surface area contributed by atoms with Crippen molar-refractivity contribution in [3.63, 3.8) is 0 Å². The summed E-state index contributed by atoms with van der Waals surface area (Å²) in [6.45, 7) is 0.304. The lowest BCUT2D eigenvalue weighted by Crippen LogP contribution is -2.46. The number of rotatable bonds is 7. The Labute approximate surface area is 181 Å². The maximum absolute atomic E-state index is 12.9. The van der Waals surface area contributed by atoms with Crippen LogP contribution < -0.4 is 9.47 Å². The number of aliphatic hydroxyl groups is 1. The van der Waals surface area contributed by atoms with E-state index in [0.717, 1.165) is 5.56 Å². The first-order chi connectivity index (χ1) is 15.1. The van der Waals surface area contributed by atoms with Crippen molar-refractivity contribution in [2.75, 3.05) is 20.8 Å². The summed E-state index contributed by atoms with van der Waals surface area (Å²) >= 11 is 0. The van der Waals surface area contributed by atoms with E-state index in [4.69, 9.17) is 14.2 Å². The molecule has 1 saturated heterocycles. The van der Waals surface area contributed by atoms with Gasteiger partial charge in [0, 0.05) is 12.1 Å². The van der Waals surface area contributed by atoms with Crippen LogP contribution in [0.1, 0.15) is 22.8 Å². The quantitative estimate of drug-likeness (QED) is 0.619. The van der Waals surface area contributed by atoms with Gasteiger partial charge in [0.25, 0.3) is 0 Å². The zero-order valence-electron chi connectivity index (χ0n) is 17.5. The Morgan fingerprint density at radius 3 is 2.06 bits per heavy atom. The van der Waals surface area contributed by atoms with Gasteiger partial charge in [-0.1, -0.05) is 54.6 Å². The van der Waals surface area contributed by atoms with Gasteiger partial charge in [0.2, 0.25) is 5.72 Å². The number of carbonyl (C=O) groups is 1. The second-order valence-electron chi connectivity index (χ2n) is 7.38. The molecule has 4 rings (SSSR count). The van der Waals surface area contributed by atoms with Gasteiger partial charge in [0.15, 0.2) is 6.10 Å². The molecule has 0 bridgehead atoms. The average Bonchev–Trinajstić information content (AvgIpc) is 3.09. The molecule has 1 aliphatic heterocycles. The Morgan fingerprint density at radius 1 is 0.903 bits per heavy atom. The first-order valence-corrected chi connectivity index (χ1v) is 10.1. The van der Waals surface area contributed by atoms with Gasteiger partial charge in [0.05, 0.1) is 14.2 Å². The van der Waals surface area contributed by atoms with Gasteiger partial charge in [-0.3, -0.25) is 4.90 Å². The van der Waals surface area contributed by atoms with Crippen LogP contribution in [0.3, 0.4) is 0 Å². The van der Waals surface area contributed by atoms with Crippen LogP contribution in [0, 0.1) is 0 Å². The highest BCUT2D eigenvalue weighted by molar-refractivity contribution is 5.72. The Morgan fingerprint density at radius 2 is 1.48 bits per heavy atom. The van der Waals surface area contributed by atoms with E-state index in [9.17, 15) is 9.90 Å². The summed E-state index contributed by atoms with van der Waals surface area (Å²) in [5.74, 6) is 1.34. The van der Waals surface area contributed by atoms with E-state index in [1.54, 1.807) is 62.8 Å². The molecule has 0 aromatic heterocycles. The van der Waals surface area contributed by atoms with E-state index in [1.807, 2.05) is 30.3 Å². The van der Waals surface area contributed by atoms with Gasteiger partial charge in [0.1, 0.15) is 11.5 Å². The Bertz CT molecular complexity index is 1020. The molecule has 160 valence electrons. The summed E-state index contributed by atoms with van der Waals surface area (Å²) in [7, 11) is 3.17. The molecule has 3 aromatic carbocycles. The zero-order chi connectivity index (χ0) is 21.8. The minimum atomic E-state index is -1.67. The van der Waals surface area contributed by atoms with Crippen molar-refractivity contribution in [3.05, 3.63) is 95.6 Å². The molecule has 1 N–H and O–H groups in total. The molecule has 2 atom stereocenters. The number of nitrogens with zero attached hydrogens (tertiary/aromatic N) is 1. The first-order valence-electron chi connectivity index (χ1n) is 10.1. The van der Waals surface area contributed by atoms with Crippen LogP contribution in [0.4, 0.5) is 4.79 Å². The SMILES string of the molecule is COc1ccc(C2OC(=O)N(CCc3ccccc3)C2(O)c2ccc(OC)cc2)cc1. The maximum atomic E-state index is 12.9. The number of amides is 1. The fourth-order valence-electron chi connectivity index (χ4n) is 3.90. The topological polar surface area (TPSA) is 68.2 Å². The molecule has 0 radical (unpaired) electrons. The predicted molar refractivity (Wildman–Crippen MR) is 116 cm³/mol. The van der Waals surface area contributed by atoms with Crippen molar-refractivity contribution < 1.29 is 24.1 Å². The lowest BCUT2D eigenvalue weighted by molar-refractivity contribution is -0.109. The van der Waals surface area contributed by atoms with Gasteiger partial charge in [-0.15, -0.1) is 0 Å². The summed E-state index contributed by atoms with van der Waals surface area (Å²) in [5, 5.41) is 12.0. The smallest absolute Gasteiger partial charge is 0.413 e. The third-order valence-corrected chi connectivity index (χ3v) is 5.62. The van der Waals surface area contributed by atoms with Crippen LogP contribution in [0.15, 0.2) is 78.9 Å². The second-order valence-corrected chi connectivity index (χ2v) is 7.38. The Kier molecular flexibility index (Phi) is 5.82. The molecule has 0 spiro atoms. The summed E-state index contributed by atoms with van der Waals surface area (Å²) in [6.07, 6.45) is -0.867. The van der Waals surface area contributed by atoms with Gasteiger partial charge in [-0.2, -0.15) is 0 Å². The molecule has 3 aromatic rings. The number of hydrogen-bond donors (Lipinski definition) is 1. The van der Waals surface area contributed by atoms with Gasteiger partial charge < -0.3 is 19.3 Å². The lowest BCUT2D eigenvalue weighted by atomic mass is 9.91. The minimum Gasteiger partial charge on any atom is -0.497 e. The zero-order valence-corrected chi connectivity index (χ0v) is 17.5. The molecular weight excluding hydrogens is 394 g/mol. The molecule has 0 saturated carbocycles. The van der Waals surface area contributed by atoms with Crippen LogP contribution >= 0.6 is 0 Å². The third kappa shape index (κ3) is 3.94. The standard InChI is InChI=1S/C25H25NO5/c1-29-21-12-8-19(9-13-21)23-25(28,20-10-14-22(30-2)15-11-20)26(24(27)31-23)17-16-18-6-4-3-5-7-18/h3-15,23,28H,16-17H2,1-2H3. The lowest BCUT2D eigenvalue weighted by Gasteiger charge is -2.35. The van der Waals surface area contributed by atoms with Gasteiger partial charge in [-0.25, -0.2) is 4.79 Å². The van der Waals surface area contributed by atoms with Gasteiger partial charge in [-0.05, 0) is 41.8 Å². The van der Waals surface area contributed by atoms with Crippen LogP contribution in [0.2, 0.25) is 0 Å². The maximum Gasteiger partial charge on any atom is 0.413 e. The van der Waals surface area contributed by atoms with Gasteiger partial charge >= 0.3 is 6.09 Å². The number of carbonyl (C=O) groups excluding carboxylic acids is 1. The van der Waals surface area contributed by atoms with Crippen molar-refractivity contribution in [2.24, 2.45) is 0 Å². The summed E-state index contributed by atoms with van der Waals surface area (Å²) in [5.41, 5.74) is 0.621. The summed E-state index contributed by atoms with van der Waals surface area (Å²) < 4.78 is 16.2. The Balaban J connectivity index is 1.72. The van der Waals surface area contributed by atoms with Crippen LogP contribution in [0.5, 0.6) is 11.5 Å². The molecular formula is C25H25NO5. The first kappa shape index (κ1) is 20.8. The number of benzene rings is 3. The highest BCUT2D eigenvalue weighted by Crippen LogP contribution is 2.47. The van der Waals surface area contributed by atoms with Crippen molar-refractivity contribution >= 4 is 6.09 Å². The molecule has 0 aliphatic carbocycles. The second kappa shape index (κ2) is 8.70. The molecule has 31 heavy (non-hydrogen) atoms. The van der Waals surface area contributed by atoms with E-state index in [2.05, 4.69) is 0 Å². The third-order valence-electron chi connectivity index (χ3n) is 5.62. The Hall–Kier alpha value is -3.51. The highest BCUT2D eigenvalue weighted by Gasteiger charge is 2.55. The van der Waals surface area contributed by atoms with Crippen LogP contribution in [-0.4, -0.2) is 36.9 Å². The van der Waals surface area contributed by atoms with Crippen molar-refractivity contribution in [1.29, 1.82) is 0 Å². The van der Waals surface area contributed by atoms with E-state index in [0.29, 0.717) is 35.6 Å². The number of methoxy groups -OCH3 is 2. The molecule has 6 nitrogen and oxygen atoms in total. The number of hydrogen-bond acceptors (Lipinski definition) is 5. The normalized spacial score (nSPS) is 20.4. The molecule has 1 fully saturated rings. The van der Waals surface area contributed by atoms with Crippen molar-refractivity contribution in [2.45, 2.75) is 18.2 Å². The largest absolute Gasteiger partial charge is 0.497 e. The predicted octanol–water partition coefficient (Wildman–Crippen LogP) is 4.29. The number of ether oxygens (including phenoxy) is 3. The highest BCUT2D eigenvalue weighted by atomic mass is 16.6. The monoisotopic (exact) mass is 419 g/mol. The molecule has 1 heterocycles.